The number of rotatable bonds is 2. The van der Waals surface area contributed by atoms with Crippen molar-refractivity contribution in [3.8, 4) is 0 Å². The van der Waals surface area contributed by atoms with Crippen LogP contribution in [0.5, 0.6) is 0 Å². The normalized spacial score (nSPS) is 21.8. The van der Waals surface area contributed by atoms with Crippen LogP contribution >= 0.6 is 0 Å². The summed E-state index contributed by atoms with van der Waals surface area (Å²) in [5, 5.41) is 8.95. The molecule has 0 aliphatic heterocycles. The number of nitrogens with two attached hydrogens (primary N) is 1. The lowest BCUT2D eigenvalue weighted by molar-refractivity contribution is 0.281. The van der Waals surface area contributed by atoms with Crippen LogP contribution in [0.4, 0.5) is 5.82 Å². The second-order valence-corrected chi connectivity index (χ2v) is 3.87. The Labute approximate surface area is 91.5 Å². The van der Waals surface area contributed by atoms with Gasteiger partial charge in [0.25, 0.3) is 0 Å². The molecule has 0 aromatic carbocycles. The number of aliphatic hydroxyl groups is 1. The summed E-state index contributed by atoms with van der Waals surface area (Å²) in [7, 11) is 0. The van der Waals surface area contributed by atoms with Gasteiger partial charge in [-0.1, -0.05) is 0 Å². The second-order valence-electron chi connectivity index (χ2n) is 3.87. The predicted molar refractivity (Wildman–Crippen MR) is 59.2 cm³/mol. The van der Waals surface area contributed by atoms with E-state index in [-0.39, 0.29) is 6.61 Å². The molecule has 1 atom stereocenters. The van der Waals surface area contributed by atoms with Gasteiger partial charge in [0, 0.05) is 18.7 Å². The number of hydrogen-bond acceptors (Lipinski definition) is 5. The Morgan fingerprint density at radius 3 is 3.12 bits per heavy atom. The Kier molecular flexibility index (Phi) is 1.90. The van der Waals surface area contributed by atoms with Crippen molar-refractivity contribution in [1.29, 1.82) is 0 Å². The molecular formula is C10H11N5O. The average Bonchev–Trinajstić information content (AvgIpc) is 2.91. The minimum atomic E-state index is 0.204. The van der Waals surface area contributed by atoms with E-state index in [4.69, 9.17) is 10.8 Å². The molecule has 0 amide bonds. The SMILES string of the molecule is Nc1ncnc2c1ncn2/C=C1\CC1CO. The Morgan fingerprint density at radius 1 is 1.50 bits per heavy atom. The van der Waals surface area contributed by atoms with Crippen LogP contribution in [0.15, 0.2) is 18.2 Å². The summed E-state index contributed by atoms with van der Waals surface area (Å²) in [6, 6.07) is 0. The van der Waals surface area contributed by atoms with Crippen molar-refractivity contribution < 1.29 is 5.11 Å². The van der Waals surface area contributed by atoms with Gasteiger partial charge in [0.1, 0.15) is 12.7 Å². The van der Waals surface area contributed by atoms with E-state index in [1.807, 2.05) is 10.8 Å². The number of nitrogens with zero attached hydrogens (tertiary/aromatic N) is 4. The summed E-state index contributed by atoms with van der Waals surface area (Å²) in [4.78, 5) is 12.2. The lowest BCUT2D eigenvalue weighted by Crippen LogP contribution is -1.94. The predicted octanol–water partition coefficient (Wildman–Crippen LogP) is 0.262. The number of aliphatic hydroxyl groups excluding tert-OH is 1. The first-order valence-electron chi connectivity index (χ1n) is 5.04. The summed E-state index contributed by atoms with van der Waals surface area (Å²) < 4.78 is 1.82. The van der Waals surface area contributed by atoms with E-state index in [1.165, 1.54) is 11.9 Å². The standard InChI is InChI=1S/C10H11N5O/c11-9-8-10(13-4-12-9)15(5-14-8)2-6-1-7(6)3-16/h2,4-5,7,16H,1,3H2,(H2,11,12,13)/b6-2+. The average molecular weight is 217 g/mol. The Bertz CT molecular complexity index is 574. The second kappa shape index (κ2) is 3.28. The van der Waals surface area contributed by atoms with Crippen molar-refractivity contribution in [1.82, 2.24) is 19.5 Å². The zero-order valence-corrected chi connectivity index (χ0v) is 8.54. The van der Waals surface area contributed by atoms with Crippen LogP contribution in [0.2, 0.25) is 0 Å². The Balaban J connectivity index is 2.06. The molecule has 2 aromatic rings. The zero-order chi connectivity index (χ0) is 11.1. The van der Waals surface area contributed by atoms with Gasteiger partial charge in [-0.05, 0) is 12.0 Å². The van der Waals surface area contributed by atoms with E-state index in [9.17, 15) is 0 Å². The largest absolute Gasteiger partial charge is 0.396 e. The number of aromatic nitrogens is 4. The van der Waals surface area contributed by atoms with Crippen LogP contribution in [-0.2, 0) is 0 Å². The number of anilines is 1. The van der Waals surface area contributed by atoms with Gasteiger partial charge in [0.05, 0.1) is 0 Å². The highest BCUT2D eigenvalue weighted by Gasteiger charge is 2.28. The lowest BCUT2D eigenvalue weighted by Gasteiger charge is -1.95. The number of imidazole rings is 1. The Morgan fingerprint density at radius 2 is 2.38 bits per heavy atom. The fraction of sp³-hybridized carbons (Fsp3) is 0.300. The zero-order valence-electron chi connectivity index (χ0n) is 8.54. The first kappa shape index (κ1) is 9.29. The van der Waals surface area contributed by atoms with E-state index in [1.54, 1.807) is 6.33 Å². The maximum absolute atomic E-state index is 8.95. The molecule has 6 nitrogen and oxygen atoms in total. The van der Waals surface area contributed by atoms with Gasteiger partial charge in [-0.15, -0.1) is 0 Å². The number of fused-ring (bicyclic) bond motifs is 1. The Hall–Kier alpha value is -1.95. The van der Waals surface area contributed by atoms with Crippen LogP contribution in [-0.4, -0.2) is 31.2 Å². The molecule has 1 fully saturated rings. The van der Waals surface area contributed by atoms with Crippen LogP contribution in [0, 0.1) is 5.92 Å². The maximum atomic E-state index is 8.95. The van der Waals surface area contributed by atoms with Gasteiger partial charge in [-0.25, -0.2) is 15.0 Å². The van der Waals surface area contributed by atoms with Crippen molar-refractivity contribution in [2.45, 2.75) is 6.42 Å². The monoisotopic (exact) mass is 217 g/mol. The summed E-state index contributed by atoms with van der Waals surface area (Å²) in [5.41, 5.74) is 8.20. The molecule has 82 valence electrons. The highest BCUT2D eigenvalue weighted by atomic mass is 16.3. The molecule has 1 aliphatic carbocycles. The van der Waals surface area contributed by atoms with E-state index >= 15 is 0 Å². The third kappa shape index (κ3) is 1.35. The molecule has 6 heteroatoms. The van der Waals surface area contributed by atoms with E-state index < -0.39 is 0 Å². The van der Waals surface area contributed by atoms with Gasteiger partial charge >= 0.3 is 0 Å². The summed E-state index contributed by atoms with van der Waals surface area (Å²) >= 11 is 0. The lowest BCUT2D eigenvalue weighted by atomic mass is 10.4. The van der Waals surface area contributed by atoms with E-state index in [0.29, 0.717) is 22.9 Å². The molecule has 1 unspecified atom stereocenters. The molecule has 2 heterocycles. The first-order chi connectivity index (χ1) is 7.79. The minimum absolute atomic E-state index is 0.204. The van der Waals surface area contributed by atoms with Crippen molar-refractivity contribution in [3.63, 3.8) is 0 Å². The van der Waals surface area contributed by atoms with Gasteiger partial charge in [0.15, 0.2) is 17.0 Å². The fourth-order valence-corrected chi connectivity index (χ4v) is 1.71. The third-order valence-corrected chi connectivity index (χ3v) is 2.76. The van der Waals surface area contributed by atoms with Crippen LogP contribution < -0.4 is 5.73 Å². The summed E-state index contributed by atoms with van der Waals surface area (Å²) in [5.74, 6) is 0.688. The quantitative estimate of drug-likeness (QED) is 0.753. The highest BCUT2D eigenvalue weighted by Crippen LogP contribution is 2.37. The summed E-state index contributed by atoms with van der Waals surface area (Å²) in [6.45, 7) is 0.204. The van der Waals surface area contributed by atoms with E-state index in [0.717, 1.165) is 6.42 Å². The molecule has 0 saturated heterocycles. The smallest absolute Gasteiger partial charge is 0.169 e. The molecule has 1 aliphatic rings. The van der Waals surface area contributed by atoms with Crippen LogP contribution in [0.3, 0.4) is 0 Å². The molecule has 16 heavy (non-hydrogen) atoms. The van der Waals surface area contributed by atoms with Gasteiger partial charge in [0.2, 0.25) is 0 Å². The summed E-state index contributed by atoms with van der Waals surface area (Å²) in [6.07, 6.45) is 5.97. The first-order valence-corrected chi connectivity index (χ1v) is 5.04. The molecule has 0 spiro atoms. The van der Waals surface area contributed by atoms with Crippen molar-refractivity contribution in [3.05, 3.63) is 18.2 Å². The maximum Gasteiger partial charge on any atom is 0.169 e. The van der Waals surface area contributed by atoms with Gasteiger partial charge in [-0.2, -0.15) is 0 Å². The number of hydrogen-bond donors (Lipinski definition) is 2. The molecule has 0 radical (unpaired) electrons. The number of nitrogen functional groups attached to an aromatic ring is 1. The van der Waals surface area contributed by atoms with Crippen LogP contribution in [0.1, 0.15) is 6.42 Å². The molecular weight excluding hydrogens is 206 g/mol. The van der Waals surface area contributed by atoms with Gasteiger partial charge in [-0.3, -0.25) is 4.57 Å². The molecule has 1 saturated carbocycles. The fourth-order valence-electron chi connectivity index (χ4n) is 1.71. The van der Waals surface area contributed by atoms with Crippen molar-refractivity contribution in [2.24, 2.45) is 5.92 Å². The molecule has 3 N–H and O–H groups in total. The highest BCUT2D eigenvalue weighted by molar-refractivity contribution is 5.82. The third-order valence-electron chi connectivity index (χ3n) is 2.76. The van der Waals surface area contributed by atoms with Crippen LogP contribution in [0.25, 0.3) is 17.4 Å². The minimum Gasteiger partial charge on any atom is -0.396 e. The van der Waals surface area contributed by atoms with Crippen molar-refractivity contribution >= 4 is 23.2 Å². The van der Waals surface area contributed by atoms with Gasteiger partial charge < -0.3 is 10.8 Å². The molecule has 2 aromatic heterocycles. The topological polar surface area (TPSA) is 89.9 Å². The molecule has 0 bridgehead atoms. The molecule has 3 rings (SSSR count). The van der Waals surface area contributed by atoms with E-state index in [2.05, 4.69) is 15.0 Å². The van der Waals surface area contributed by atoms with Crippen molar-refractivity contribution in [2.75, 3.05) is 12.3 Å².